The number of amides is 1. The molecule has 8 heteroatoms. The fourth-order valence-electron chi connectivity index (χ4n) is 3.45. The van der Waals surface area contributed by atoms with E-state index in [2.05, 4.69) is 25.1 Å². The first kappa shape index (κ1) is 17.7. The van der Waals surface area contributed by atoms with Gasteiger partial charge in [-0.1, -0.05) is 6.07 Å². The van der Waals surface area contributed by atoms with Crippen LogP contribution in [-0.4, -0.2) is 57.2 Å². The molecule has 0 aliphatic carbocycles. The highest BCUT2D eigenvalue weighted by atomic mass is 32.1. The van der Waals surface area contributed by atoms with Crippen LogP contribution in [0.4, 0.5) is 5.82 Å². The molecule has 0 N–H and O–H groups in total. The minimum absolute atomic E-state index is 0.0662. The van der Waals surface area contributed by atoms with Gasteiger partial charge in [-0.15, -0.1) is 21.5 Å². The number of carbonyl (C=O) groups excluding carboxylic acids is 1. The van der Waals surface area contributed by atoms with Crippen LogP contribution >= 0.6 is 11.3 Å². The lowest BCUT2D eigenvalue weighted by atomic mass is 10.1. The fraction of sp³-hybridized carbons (Fsp3) is 0.190. The summed E-state index contributed by atoms with van der Waals surface area (Å²) in [6.45, 7) is 2.77. The Morgan fingerprint density at radius 3 is 2.55 bits per heavy atom. The number of rotatable bonds is 3. The van der Waals surface area contributed by atoms with Crippen LogP contribution < -0.4 is 4.90 Å². The maximum atomic E-state index is 12.9. The van der Waals surface area contributed by atoms with Gasteiger partial charge in [-0.25, -0.2) is 4.98 Å². The molecule has 4 aromatic rings. The molecule has 1 amide bonds. The van der Waals surface area contributed by atoms with E-state index >= 15 is 0 Å². The summed E-state index contributed by atoms with van der Waals surface area (Å²) < 4.78 is 1.04. The molecule has 0 spiro atoms. The predicted octanol–water partition coefficient (Wildman–Crippen LogP) is 3.11. The Morgan fingerprint density at radius 1 is 0.897 bits per heavy atom. The number of piperazine rings is 1. The molecule has 1 saturated heterocycles. The maximum absolute atomic E-state index is 12.9. The monoisotopic (exact) mass is 402 g/mol. The van der Waals surface area contributed by atoms with Crippen LogP contribution in [0.15, 0.2) is 60.2 Å². The molecule has 1 fully saturated rings. The predicted molar refractivity (Wildman–Crippen MR) is 113 cm³/mol. The molecule has 7 nitrogen and oxygen atoms in total. The van der Waals surface area contributed by atoms with Crippen LogP contribution in [0.3, 0.4) is 0 Å². The number of hydrogen-bond acceptors (Lipinski definition) is 7. The third-order valence-electron chi connectivity index (χ3n) is 5.05. The molecule has 1 aromatic carbocycles. The highest BCUT2D eigenvalue weighted by molar-refractivity contribution is 7.16. The van der Waals surface area contributed by atoms with Crippen molar-refractivity contribution in [1.29, 1.82) is 0 Å². The summed E-state index contributed by atoms with van der Waals surface area (Å²) in [6, 6.07) is 15.3. The molecule has 0 saturated carbocycles. The van der Waals surface area contributed by atoms with E-state index in [1.807, 2.05) is 53.4 Å². The molecular weight excluding hydrogens is 384 g/mol. The number of anilines is 1. The van der Waals surface area contributed by atoms with Gasteiger partial charge in [0.15, 0.2) is 5.82 Å². The average molecular weight is 402 g/mol. The van der Waals surface area contributed by atoms with Gasteiger partial charge in [0.05, 0.1) is 21.4 Å². The van der Waals surface area contributed by atoms with E-state index in [4.69, 9.17) is 0 Å². The lowest BCUT2D eigenvalue weighted by Gasteiger charge is -2.35. The Balaban J connectivity index is 1.24. The third-order valence-corrected chi connectivity index (χ3v) is 5.84. The van der Waals surface area contributed by atoms with Gasteiger partial charge in [0.1, 0.15) is 5.69 Å². The van der Waals surface area contributed by atoms with Gasteiger partial charge in [0.25, 0.3) is 5.91 Å². The number of benzene rings is 1. The van der Waals surface area contributed by atoms with Crippen LogP contribution in [0.25, 0.3) is 21.6 Å². The SMILES string of the molecule is O=C(c1ccc2ncsc2c1)N1CCN(c2ccc(-c3ccccn3)nn2)CC1. The van der Waals surface area contributed by atoms with E-state index in [0.717, 1.165) is 46.1 Å². The molecule has 144 valence electrons. The number of carbonyl (C=O) groups is 1. The van der Waals surface area contributed by atoms with Crippen molar-refractivity contribution in [1.82, 2.24) is 25.1 Å². The molecule has 0 atom stereocenters. The van der Waals surface area contributed by atoms with Crippen molar-refractivity contribution in [2.24, 2.45) is 0 Å². The number of fused-ring (bicyclic) bond motifs is 1. The Bertz CT molecular complexity index is 1140. The van der Waals surface area contributed by atoms with Crippen LogP contribution in [0.1, 0.15) is 10.4 Å². The van der Waals surface area contributed by atoms with Gasteiger partial charge in [-0.3, -0.25) is 9.78 Å². The van der Waals surface area contributed by atoms with Gasteiger partial charge in [0, 0.05) is 37.9 Å². The normalized spacial score (nSPS) is 14.3. The quantitative estimate of drug-likeness (QED) is 0.524. The van der Waals surface area contributed by atoms with E-state index in [-0.39, 0.29) is 5.91 Å². The molecule has 5 rings (SSSR count). The minimum Gasteiger partial charge on any atom is -0.352 e. The van der Waals surface area contributed by atoms with Gasteiger partial charge in [0.2, 0.25) is 0 Å². The summed E-state index contributed by atoms with van der Waals surface area (Å²) in [6.07, 6.45) is 1.74. The van der Waals surface area contributed by atoms with Crippen molar-refractivity contribution in [3.63, 3.8) is 0 Å². The molecule has 1 aliphatic rings. The first-order chi connectivity index (χ1) is 14.3. The lowest BCUT2D eigenvalue weighted by molar-refractivity contribution is 0.0746. The molecular formula is C21H18N6OS. The molecule has 4 heterocycles. The number of aromatic nitrogens is 4. The third kappa shape index (κ3) is 3.54. The molecule has 0 bridgehead atoms. The maximum Gasteiger partial charge on any atom is 0.254 e. The second-order valence-electron chi connectivity index (χ2n) is 6.81. The second-order valence-corrected chi connectivity index (χ2v) is 7.69. The summed E-state index contributed by atoms with van der Waals surface area (Å²) in [5, 5.41) is 8.67. The fourth-order valence-corrected chi connectivity index (χ4v) is 4.17. The zero-order valence-electron chi connectivity index (χ0n) is 15.6. The summed E-state index contributed by atoms with van der Waals surface area (Å²) in [4.78, 5) is 25.5. The van der Waals surface area contributed by atoms with E-state index in [9.17, 15) is 4.79 Å². The van der Waals surface area contributed by atoms with Crippen LogP contribution in [-0.2, 0) is 0 Å². The topological polar surface area (TPSA) is 75.1 Å². The van der Waals surface area contributed by atoms with Crippen LogP contribution in [0.2, 0.25) is 0 Å². The average Bonchev–Trinajstić information content (AvgIpc) is 3.27. The zero-order chi connectivity index (χ0) is 19.6. The first-order valence-electron chi connectivity index (χ1n) is 9.40. The molecule has 3 aromatic heterocycles. The number of pyridine rings is 1. The van der Waals surface area contributed by atoms with E-state index in [1.54, 1.807) is 23.0 Å². The van der Waals surface area contributed by atoms with Crippen molar-refractivity contribution in [2.75, 3.05) is 31.1 Å². The second kappa shape index (κ2) is 7.56. The summed E-state index contributed by atoms with van der Waals surface area (Å²) >= 11 is 1.55. The van der Waals surface area contributed by atoms with E-state index in [1.165, 1.54) is 0 Å². The number of thiazole rings is 1. The number of nitrogens with zero attached hydrogens (tertiary/aromatic N) is 6. The lowest BCUT2D eigenvalue weighted by Crippen LogP contribution is -2.49. The van der Waals surface area contributed by atoms with Crippen molar-refractivity contribution in [3.8, 4) is 11.4 Å². The summed E-state index contributed by atoms with van der Waals surface area (Å²) in [7, 11) is 0. The van der Waals surface area contributed by atoms with Crippen LogP contribution in [0, 0.1) is 0 Å². The zero-order valence-corrected chi connectivity index (χ0v) is 16.4. The Kier molecular flexibility index (Phi) is 4.61. The van der Waals surface area contributed by atoms with Crippen LogP contribution in [0.5, 0.6) is 0 Å². The van der Waals surface area contributed by atoms with Gasteiger partial charge in [-0.2, -0.15) is 0 Å². The van der Waals surface area contributed by atoms with Crippen molar-refractivity contribution in [2.45, 2.75) is 0 Å². The Hall–Kier alpha value is -3.39. The van der Waals surface area contributed by atoms with Crippen molar-refractivity contribution >= 4 is 33.3 Å². The Morgan fingerprint density at radius 2 is 1.79 bits per heavy atom. The smallest absolute Gasteiger partial charge is 0.254 e. The van der Waals surface area contributed by atoms with E-state index < -0.39 is 0 Å². The Labute approximate surface area is 171 Å². The highest BCUT2D eigenvalue weighted by Gasteiger charge is 2.23. The van der Waals surface area contributed by atoms with Crippen molar-refractivity contribution < 1.29 is 4.79 Å². The van der Waals surface area contributed by atoms with Crippen molar-refractivity contribution in [3.05, 3.63) is 65.8 Å². The van der Waals surface area contributed by atoms with E-state index in [0.29, 0.717) is 13.1 Å². The first-order valence-corrected chi connectivity index (χ1v) is 10.3. The highest BCUT2D eigenvalue weighted by Crippen LogP contribution is 2.21. The molecule has 1 aliphatic heterocycles. The summed E-state index contributed by atoms with van der Waals surface area (Å²) in [5.74, 6) is 0.888. The van der Waals surface area contributed by atoms with Gasteiger partial charge < -0.3 is 9.80 Å². The number of hydrogen-bond donors (Lipinski definition) is 0. The van der Waals surface area contributed by atoms with Gasteiger partial charge >= 0.3 is 0 Å². The summed E-state index contributed by atoms with van der Waals surface area (Å²) in [5.41, 5.74) is 5.01. The van der Waals surface area contributed by atoms with Gasteiger partial charge in [-0.05, 0) is 42.5 Å². The molecule has 29 heavy (non-hydrogen) atoms. The minimum atomic E-state index is 0.0662. The molecule has 0 radical (unpaired) electrons. The molecule has 0 unspecified atom stereocenters. The standard InChI is InChI=1S/C21H18N6OS/c28-21(15-4-5-18-19(13-15)29-14-23-18)27-11-9-26(10-12-27)20-7-6-17(24-25-20)16-3-1-2-8-22-16/h1-8,13-14H,9-12H2. The largest absolute Gasteiger partial charge is 0.352 e.